The third-order valence-corrected chi connectivity index (χ3v) is 3.49. The first kappa shape index (κ1) is 11.9. The van der Waals surface area contributed by atoms with Crippen molar-refractivity contribution >= 4 is 10.0 Å². The standard InChI is InChI=1S/C7H18N2O2S/c1-3-6-9(7-5-8)12(10,11)4-2/h3-8H2,1-2H3. The third-order valence-electron chi connectivity index (χ3n) is 1.61. The largest absolute Gasteiger partial charge is 0.329 e. The molecule has 0 saturated carbocycles. The first-order valence-corrected chi connectivity index (χ1v) is 5.87. The van der Waals surface area contributed by atoms with E-state index in [4.69, 9.17) is 5.73 Å². The SMILES string of the molecule is CCCN(CCN)S(=O)(=O)CC. The summed E-state index contributed by atoms with van der Waals surface area (Å²) in [5.41, 5.74) is 5.30. The minimum absolute atomic E-state index is 0.160. The van der Waals surface area contributed by atoms with Gasteiger partial charge in [-0.15, -0.1) is 0 Å². The van der Waals surface area contributed by atoms with Gasteiger partial charge >= 0.3 is 0 Å². The van der Waals surface area contributed by atoms with E-state index in [0.717, 1.165) is 6.42 Å². The van der Waals surface area contributed by atoms with Crippen molar-refractivity contribution in [3.05, 3.63) is 0 Å². The second-order valence-corrected chi connectivity index (χ2v) is 4.85. The third kappa shape index (κ3) is 3.51. The van der Waals surface area contributed by atoms with Crippen molar-refractivity contribution in [2.45, 2.75) is 20.3 Å². The Balaban J connectivity index is 4.28. The summed E-state index contributed by atoms with van der Waals surface area (Å²) in [4.78, 5) is 0. The molecular weight excluding hydrogens is 176 g/mol. The summed E-state index contributed by atoms with van der Waals surface area (Å²) in [5, 5.41) is 0. The number of rotatable bonds is 6. The molecule has 0 amide bonds. The van der Waals surface area contributed by atoms with E-state index >= 15 is 0 Å². The normalized spacial score (nSPS) is 12.3. The molecule has 2 N–H and O–H groups in total. The van der Waals surface area contributed by atoms with Gasteiger partial charge in [-0.05, 0) is 13.3 Å². The van der Waals surface area contributed by atoms with Gasteiger partial charge in [0.25, 0.3) is 0 Å². The van der Waals surface area contributed by atoms with E-state index in [9.17, 15) is 8.42 Å². The maximum atomic E-state index is 11.3. The Kier molecular flexibility index (Phi) is 5.44. The molecule has 0 atom stereocenters. The number of hydrogen-bond donors (Lipinski definition) is 1. The molecule has 0 aromatic rings. The molecule has 0 unspecified atom stereocenters. The maximum absolute atomic E-state index is 11.3. The molecular formula is C7H18N2O2S. The van der Waals surface area contributed by atoms with Crippen LogP contribution < -0.4 is 5.73 Å². The Bertz CT molecular complexity index is 195. The molecule has 0 rings (SSSR count). The minimum atomic E-state index is -3.03. The summed E-state index contributed by atoms with van der Waals surface area (Å²) >= 11 is 0. The zero-order valence-corrected chi connectivity index (χ0v) is 8.60. The van der Waals surface area contributed by atoms with E-state index in [1.165, 1.54) is 4.31 Å². The molecule has 0 aliphatic heterocycles. The predicted molar refractivity (Wildman–Crippen MR) is 50.4 cm³/mol. The lowest BCUT2D eigenvalue weighted by Crippen LogP contribution is -2.36. The lowest BCUT2D eigenvalue weighted by molar-refractivity contribution is 0.419. The molecule has 5 heteroatoms. The Morgan fingerprint density at radius 2 is 1.83 bits per heavy atom. The molecule has 0 bridgehead atoms. The van der Waals surface area contributed by atoms with Crippen LogP contribution in [0, 0.1) is 0 Å². The molecule has 0 aromatic carbocycles. The Labute approximate surface area is 74.8 Å². The average molecular weight is 194 g/mol. The van der Waals surface area contributed by atoms with Gasteiger partial charge in [0, 0.05) is 19.6 Å². The van der Waals surface area contributed by atoms with Crippen molar-refractivity contribution in [2.75, 3.05) is 25.4 Å². The van der Waals surface area contributed by atoms with E-state index in [1.807, 2.05) is 6.92 Å². The van der Waals surface area contributed by atoms with Gasteiger partial charge in [-0.2, -0.15) is 0 Å². The quantitative estimate of drug-likeness (QED) is 0.647. The molecule has 0 spiro atoms. The zero-order chi connectivity index (χ0) is 9.61. The van der Waals surface area contributed by atoms with E-state index < -0.39 is 10.0 Å². The molecule has 0 fully saturated rings. The van der Waals surface area contributed by atoms with Crippen LogP contribution in [0.1, 0.15) is 20.3 Å². The highest BCUT2D eigenvalue weighted by atomic mass is 32.2. The van der Waals surface area contributed by atoms with Crippen LogP contribution in [0.4, 0.5) is 0 Å². The summed E-state index contributed by atoms with van der Waals surface area (Å²) in [6.45, 7) is 5.00. The molecule has 12 heavy (non-hydrogen) atoms. The highest BCUT2D eigenvalue weighted by Gasteiger charge is 2.17. The van der Waals surface area contributed by atoms with Gasteiger partial charge in [-0.3, -0.25) is 0 Å². The maximum Gasteiger partial charge on any atom is 0.213 e. The summed E-state index contributed by atoms with van der Waals surface area (Å²) in [6, 6.07) is 0. The Morgan fingerprint density at radius 3 is 2.17 bits per heavy atom. The van der Waals surface area contributed by atoms with Gasteiger partial charge in [-0.25, -0.2) is 12.7 Å². The Hall–Kier alpha value is -0.130. The molecule has 0 aliphatic carbocycles. The van der Waals surface area contributed by atoms with E-state index in [2.05, 4.69) is 0 Å². The first-order valence-electron chi connectivity index (χ1n) is 4.26. The van der Waals surface area contributed by atoms with Crippen molar-refractivity contribution in [3.63, 3.8) is 0 Å². The summed E-state index contributed by atoms with van der Waals surface area (Å²) in [7, 11) is -3.03. The number of nitrogens with two attached hydrogens (primary N) is 1. The van der Waals surface area contributed by atoms with Crippen molar-refractivity contribution in [3.8, 4) is 0 Å². The van der Waals surface area contributed by atoms with Crippen LogP contribution in [-0.4, -0.2) is 38.1 Å². The predicted octanol–water partition coefficient (Wildman–Crippen LogP) is 0.00680. The second-order valence-electron chi connectivity index (χ2n) is 2.59. The molecule has 0 aliphatic rings. The first-order chi connectivity index (χ1) is 5.58. The molecule has 0 saturated heterocycles. The summed E-state index contributed by atoms with van der Waals surface area (Å²) in [6.07, 6.45) is 0.833. The molecule has 0 radical (unpaired) electrons. The van der Waals surface area contributed by atoms with Crippen molar-refractivity contribution in [2.24, 2.45) is 5.73 Å². The van der Waals surface area contributed by atoms with Crippen LogP contribution in [-0.2, 0) is 10.0 Å². The lowest BCUT2D eigenvalue weighted by atomic mass is 10.5. The lowest BCUT2D eigenvalue weighted by Gasteiger charge is -2.19. The van der Waals surface area contributed by atoms with Gasteiger partial charge in [0.15, 0.2) is 0 Å². The smallest absolute Gasteiger partial charge is 0.213 e. The van der Waals surface area contributed by atoms with E-state index in [1.54, 1.807) is 6.92 Å². The summed E-state index contributed by atoms with van der Waals surface area (Å²) in [5.74, 6) is 0.160. The number of sulfonamides is 1. The van der Waals surface area contributed by atoms with Gasteiger partial charge in [-0.1, -0.05) is 6.92 Å². The van der Waals surface area contributed by atoms with Crippen LogP contribution >= 0.6 is 0 Å². The monoisotopic (exact) mass is 194 g/mol. The van der Waals surface area contributed by atoms with Crippen molar-refractivity contribution < 1.29 is 8.42 Å². The fraction of sp³-hybridized carbons (Fsp3) is 1.00. The minimum Gasteiger partial charge on any atom is -0.329 e. The van der Waals surface area contributed by atoms with Crippen molar-refractivity contribution in [1.82, 2.24) is 4.31 Å². The van der Waals surface area contributed by atoms with Gasteiger partial charge in [0.05, 0.1) is 5.75 Å². The fourth-order valence-corrected chi connectivity index (χ4v) is 2.18. The molecule has 0 heterocycles. The highest BCUT2D eigenvalue weighted by molar-refractivity contribution is 7.89. The zero-order valence-electron chi connectivity index (χ0n) is 7.78. The summed E-state index contributed by atoms with van der Waals surface area (Å²) < 4.78 is 24.2. The van der Waals surface area contributed by atoms with Crippen LogP contribution in [0.5, 0.6) is 0 Å². The number of hydrogen-bond acceptors (Lipinski definition) is 3. The molecule has 74 valence electrons. The van der Waals surface area contributed by atoms with E-state index in [-0.39, 0.29) is 5.75 Å². The van der Waals surface area contributed by atoms with Crippen LogP contribution in [0.3, 0.4) is 0 Å². The van der Waals surface area contributed by atoms with Crippen LogP contribution in [0.25, 0.3) is 0 Å². The Morgan fingerprint density at radius 1 is 1.25 bits per heavy atom. The topological polar surface area (TPSA) is 63.4 Å². The fourth-order valence-electron chi connectivity index (χ4n) is 0.966. The second kappa shape index (κ2) is 5.50. The van der Waals surface area contributed by atoms with E-state index in [0.29, 0.717) is 19.6 Å². The van der Waals surface area contributed by atoms with Crippen LogP contribution in [0.15, 0.2) is 0 Å². The van der Waals surface area contributed by atoms with Gasteiger partial charge in [0.2, 0.25) is 10.0 Å². The van der Waals surface area contributed by atoms with Crippen molar-refractivity contribution in [1.29, 1.82) is 0 Å². The average Bonchev–Trinajstić information content (AvgIpc) is 2.04. The van der Waals surface area contributed by atoms with Crippen LogP contribution in [0.2, 0.25) is 0 Å². The molecule has 4 nitrogen and oxygen atoms in total. The highest BCUT2D eigenvalue weighted by Crippen LogP contribution is 2.01. The van der Waals surface area contributed by atoms with Gasteiger partial charge < -0.3 is 5.73 Å². The number of nitrogens with zero attached hydrogens (tertiary/aromatic N) is 1. The van der Waals surface area contributed by atoms with Gasteiger partial charge in [0.1, 0.15) is 0 Å². The molecule has 0 aromatic heterocycles.